The predicted octanol–water partition coefficient (Wildman–Crippen LogP) is 4.65. The van der Waals surface area contributed by atoms with E-state index < -0.39 is 0 Å². The summed E-state index contributed by atoms with van der Waals surface area (Å²) in [7, 11) is 3.36. The number of hydrogen-bond donors (Lipinski definition) is 0. The normalized spacial score (nSPS) is 16.5. The average Bonchev–Trinajstić information content (AvgIpc) is 2.93. The maximum atomic E-state index is 11.4. The van der Waals surface area contributed by atoms with E-state index in [2.05, 4.69) is 43.7 Å². The van der Waals surface area contributed by atoms with Crippen molar-refractivity contribution in [3.05, 3.63) is 59.2 Å². The summed E-state index contributed by atoms with van der Waals surface area (Å²) >= 11 is 2.30. The largest absolute Gasteiger partial charge is 0.497 e. The van der Waals surface area contributed by atoms with Gasteiger partial charge in [0.2, 0.25) is 0 Å². The summed E-state index contributed by atoms with van der Waals surface area (Å²) in [6.45, 7) is 0.922. The van der Waals surface area contributed by atoms with Gasteiger partial charge in [-0.25, -0.2) is 0 Å². The van der Waals surface area contributed by atoms with Crippen LogP contribution >= 0.6 is 30.3 Å². The Morgan fingerprint density at radius 1 is 1.36 bits per heavy atom. The second-order valence-electron chi connectivity index (χ2n) is 5.28. The van der Waals surface area contributed by atoms with E-state index >= 15 is 0 Å². The molecule has 1 aliphatic rings. The molecule has 0 fully saturated rings. The summed E-state index contributed by atoms with van der Waals surface area (Å²) in [5.41, 5.74) is 4.37. The third-order valence-electron chi connectivity index (χ3n) is 4.01. The highest BCUT2D eigenvalue weighted by Gasteiger charge is 2.31. The van der Waals surface area contributed by atoms with Crippen LogP contribution in [0.5, 0.6) is 5.75 Å². The summed E-state index contributed by atoms with van der Waals surface area (Å²) in [5, 5.41) is 0. The summed E-state index contributed by atoms with van der Waals surface area (Å²) in [6.07, 6.45) is 1.88. The van der Waals surface area contributed by atoms with Crippen LogP contribution in [-0.4, -0.2) is 19.9 Å². The van der Waals surface area contributed by atoms with Gasteiger partial charge in [-0.15, -0.1) is 0 Å². The molecule has 0 amide bonds. The highest BCUT2D eigenvalue weighted by atomic mass is 127. The van der Waals surface area contributed by atoms with Crippen LogP contribution in [0.15, 0.2) is 42.5 Å². The molecule has 114 valence electrons. The van der Waals surface area contributed by atoms with Crippen LogP contribution in [0.4, 0.5) is 5.69 Å². The molecule has 1 heterocycles. The van der Waals surface area contributed by atoms with Crippen LogP contribution in [0.1, 0.15) is 27.4 Å². The van der Waals surface area contributed by atoms with E-state index in [1.807, 2.05) is 24.3 Å². The third-order valence-corrected chi connectivity index (χ3v) is 5.95. The van der Waals surface area contributed by atoms with Crippen molar-refractivity contribution >= 4 is 42.3 Å². The van der Waals surface area contributed by atoms with Crippen molar-refractivity contribution in [2.24, 2.45) is 0 Å². The Morgan fingerprint density at radius 2 is 2.18 bits per heavy atom. The fraction of sp³-hybridized carbons (Fsp3) is 0.235. The zero-order valence-corrected chi connectivity index (χ0v) is 15.1. The molecule has 0 radical (unpaired) electrons. The number of anilines is 1. The second kappa shape index (κ2) is 6.91. The van der Waals surface area contributed by atoms with E-state index in [0.29, 0.717) is 5.92 Å². The molecule has 3 rings (SSSR count). The lowest BCUT2D eigenvalue weighted by Gasteiger charge is -2.14. The van der Waals surface area contributed by atoms with E-state index in [-0.39, 0.29) is 0 Å². The zero-order chi connectivity index (χ0) is 15.5. The Hall–Kier alpha value is -1.21. The Bertz CT molecular complexity index is 692. The topological polar surface area (TPSA) is 29.5 Å². The number of methoxy groups -OCH3 is 1. The van der Waals surface area contributed by atoms with Crippen molar-refractivity contribution in [1.82, 2.24) is 0 Å². The molecule has 0 aromatic heterocycles. The lowest BCUT2D eigenvalue weighted by Crippen LogP contribution is -2.12. The van der Waals surface area contributed by atoms with Crippen LogP contribution in [0.25, 0.3) is 0 Å². The smallest absolute Gasteiger partial charge is 0.150 e. The lowest BCUT2D eigenvalue weighted by molar-refractivity contribution is 0.112. The number of aldehydes is 1. The number of nitrogens with zero attached hydrogens (tertiary/aromatic N) is 1. The van der Waals surface area contributed by atoms with E-state index in [9.17, 15) is 4.79 Å². The summed E-state index contributed by atoms with van der Waals surface area (Å²) in [6, 6.07) is 14.1. The maximum Gasteiger partial charge on any atom is 0.150 e. The van der Waals surface area contributed by atoms with Crippen molar-refractivity contribution < 1.29 is 9.53 Å². The van der Waals surface area contributed by atoms with Crippen molar-refractivity contribution in [2.45, 2.75) is 12.3 Å². The van der Waals surface area contributed by atoms with Crippen molar-refractivity contribution in [1.29, 1.82) is 0 Å². The fourth-order valence-electron chi connectivity index (χ4n) is 3.04. The van der Waals surface area contributed by atoms with Crippen LogP contribution in [0, 0.1) is 0 Å². The molecule has 0 saturated heterocycles. The minimum Gasteiger partial charge on any atom is -0.497 e. The van der Waals surface area contributed by atoms with Gasteiger partial charge in [0.25, 0.3) is 0 Å². The van der Waals surface area contributed by atoms with Gasteiger partial charge in [-0.3, -0.25) is 4.79 Å². The van der Waals surface area contributed by atoms with E-state index in [4.69, 9.17) is 4.74 Å². The monoisotopic (exact) mass is 425 g/mol. The van der Waals surface area contributed by atoms with E-state index in [0.717, 1.165) is 36.3 Å². The highest BCUT2D eigenvalue weighted by molar-refractivity contribution is 14.2. The van der Waals surface area contributed by atoms with Gasteiger partial charge in [0.15, 0.2) is 0 Å². The molecule has 1 aliphatic heterocycles. The number of benzene rings is 2. The first-order chi connectivity index (χ1) is 10.8. The predicted molar refractivity (Wildman–Crippen MR) is 100 cm³/mol. The molecule has 2 aromatic carbocycles. The Balaban J connectivity index is 1.94. The third kappa shape index (κ3) is 2.96. The number of carbonyl (C=O) groups is 1. The van der Waals surface area contributed by atoms with Gasteiger partial charge in [0.1, 0.15) is 12.0 Å². The van der Waals surface area contributed by atoms with Gasteiger partial charge < -0.3 is 9.04 Å². The first kappa shape index (κ1) is 15.7. The first-order valence-electron chi connectivity index (χ1n) is 7.04. The maximum absolute atomic E-state index is 11.4. The van der Waals surface area contributed by atoms with Gasteiger partial charge >= 0.3 is 0 Å². The molecule has 0 aliphatic carbocycles. The van der Waals surface area contributed by atoms with E-state index in [1.54, 1.807) is 16.2 Å². The minimum atomic E-state index is 0.325. The number of rotatable bonds is 5. The highest BCUT2D eigenvalue weighted by Crippen LogP contribution is 2.44. The fourth-order valence-corrected chi connectivity index (χ4v) is 4.63. The van der Waals surface area contributed by atoms with Crippen LogP contribution < -0.4 is 9.04 Å². The van der Waals surface area contributed by atoms with Crippen LogP contribution in [-0.2, 0) is 6.42 Å². The molecule has 0 unspecified atom stereocenters. The van der Waals surface area contributed by atoms with Gasteiger partial charge in [-0.1, -0.05) is 24.3 Å². The molecule has 0 N–H and O–H groups in total. The summed E-state index contributed by atoms with van der Waals surface area (Å²) in [5.74, 6) is 1.20. The quantitative estimate of drug-likeness (QED) is 0.396. The van der Waals surface area contributed by atoms with Gasteiger partial charge in [0.05, 0.1) is 12.8 Å². The SMILES string of the molecule is COc1cccc(C[C@H]2CN(SI)c3cccc(C=O)c32)c1. The average molecular weight is 425 g/mol. The Kier molecular flexibility index (Phi) is 4.93. The number of ether oxygens (including phenoxy) is 1. The molecule has 2 aromatic rings. The van der Waals surface area contributed by atoms with Gasteiger partial charge in [0, 0.05) is 48.4 Å². The van der Waals surface area contributed by atoms with Gasteiger partial charge in [-0.05, 0) is 35.7 Å². The van der Waals surface area contributed by atoms with Crippen molar-refractivity contribution in [2.75, 3.05) is 18.0 Å². The number of hydrogen-bond acceptors (Lipinski definition) is 4. The molecule has 0 spiro atoms. The van der Waals surface area contributed by atoms with Crippen molar-refractivity contribution in [3.63, 3.8) is 0 Å². The number of carbonyl (C=O) groups excluding carboxylic acids is 1. The lowest BCUT2D eigenvalue weighted by atomic mass is 9.90. The van der Waals surface area contributed by atoms with Crippen LogP contribution in [0.3, 0.4) is 0 Å². The molecule has 0 bridgehead atoms. The molecular formula is C17H16INO2S. The minimum absolute atomic E-state index is 0.325. The summed E-state index contributed by atoms with van der Waals surface area (Å²) < 4.78 is 7.56. The first-order valence-corrected chi connectivity index (χ1v) is 10.4. The second-order valence-corrected chi connectivity index (χ2v) is 7.04. The molecule has 22 heavy (non-hydrogen) atoms. The Labute approximate surface area is 146 Å². The van der Waals surface area contributed by atoms with E-state index in [1.165, 1.54) is 11.1 Å². The zero-order valence-electron chi connectivity index (χ0n) is 12.2. The number of fused-ring (bicyclic) bond motifs is 1. The summed E-state index contributed by atoms with van der Waals surface area (Å²) in [4.78, 5) is 11.4. The van der Waals surface area contributed by atoms with Gasteiger partial charge in [-0.2, -0.15) is 0 Å². The molecule has 1 atom stereocenters. The van der Waals surface area contributed by atoms with Crippen LogP contribution in [0.2, 0.25) is 0 Å². The molecule has 3 nitrogen and oxygen atoms in total. The molecule has 0 saturated carbocycles. The molecule has 5 heteroatoms. The van der Waals surface area contributed by atoms with Crippen molar-refractivity contribution in [3.8, 4) is 5.75 Å². The number of halogens is 1. The standard InChI is InChI=1S/C17H16INO2S/c1-21-15-6-2-4-12(9-15)8-14-10-19(22-18)16-7-3-5-13(11-20)17(14)16/h2-7,9,11,14H,8,10H2,1H3/t14-/m0/s1. The molecular weight excluding hydrogens is 409 g/mol. The Morgan fingerprint density at radius 3 is 2.91 bits per heavy atom.